The van der Waals surface area contributed by atoms with Crippen LogP contribution in [0.25, 0.3) is 5.76 Å². The number of aliphatic hydroxyl groups excluding tert-OH is 1. The number of fused-ring (bicyclic) bond motifs is 1. The van der Waals surface area contributed by atoms with Gasteiger partial charge < -0.3 is 24.0 Å². The van der Waals surface area contributed by atoms with Crippen LogP contribution in [-0.4, -0.2) is 50.5 Å². The molecule has 2 aliphatic rings. The lowest BCUT2D eigenvalue weighted by Crippen LogP contribution is -2.31. The third-order valence-corrected chi connectivity index (χ3v) is 6.73. The highest BCUT2D eigenvalue weighted by molar-refractivity contribution is 6.46. The number of ketones is 1. The number of aryl methyl sites for hydroxylation is 1. The second-order valence-corrected chi connectivity index (χ2v) is 9.52. The van der Waals surface area contributed by atoms with Crippen LogP contribution < -0.4 is 9.47 Å². The molecular formula is C29H31N3O5. The van der Waals surface area contributed by atoms with Crippen molar-refractivity contribution in [2.75, 3.05) is 13.2 Å². The number of amides is 1. The van der Waals surface area contributed by atoms with Gasteiger partial charge in [-0.25, -0.2) is 4.98 Å². The van der Waals surface area contributed by atoms with Crippen LogP contribution in [0.4, 0.5) is 0 Å². The molecule has 1 fully saturated rings. The van der Waals surface area contributed by atoms with Crippen LogP contribution >= 0.6 is 0 Å². The van der Waals surface area contributed by atoms with Crippen LogP contribution in [0.3, 0.4) is 0 Å². The number of benzene rings is 2. The first-order valence-corrected chi connectivity index (χ1v) is 12.7. The summed E-state index contributed by atoms with van der Waals surface area (Å²) in [5.74, 6) is -0.0404. The summed E-state index contributed by atoms with van der Waals surface area (Å²) in [6.45, 7) is 5.58. The quantitative estimate of drug-likeness (QED) is 0.264. The van der Waals surface area contributed by atoms with Gasteiger partial charge in [0.15, 0.2) is 0 Å². The molecule has 0 spiro atoms. The topological polar surface area (TPSA) is 93.9 Å². The first-order valence-electron chi connectivity index (χ1n) is 12.7. The standard InChI is InChI=1S/C29H31N3O5/c1-3-14-36-23-7-4-6-20(17-23)26-25(27(33)21-8-9-24-22(16-21)15-19(2)37-24)28(34)29(35)32(26)12-5-11-31-13-10-30-18-31/h4,6-10,13,16-19,26,33H,3,5,11-12,14-15H2,1-2H3/b27-25+/t19-,26-/m0/s1. The second kappa shape index (κ2) is 10.5. The number of hydrogen-bond acceptors (Lipinski definition) is 6. The van der Waals surface area contributed by atoms with Crippen molar-refractivity contribution in [3.63, 3.8) is 0 Å². The highest BCUT2D eigenvalue weighted by Gasteiger charge is 2.46. The molecule has 192 valence electrons. The van der Waals surface area contributed by atoms with Crippen molar-refractivity contribution in [3.8, 4) is 11.5 Å². The van der Waals surface area contributed by atoms with Crippen molar-refractivity contribution >= 4 is 17.4 Å². The summed E-state index contributed by atoms with van der Waals surface area (Å²) in [5, 5.41) is 11.4. The molecule has 1 saturated heterocycles. The van der Waals surface area contributed by atoms with E-state index in [2.05, 4.69) is 4.98 Å². The summed E-state index contributed by atoms with van der Waals surface area (Å²) >= 11 is 0. The van der Waals surface area contributed by atoms with Gasteiger partial charge in [-0.15, -0.1) is 0 Å². The van der Waals surface area contributed by atoms with Crippen molar-refractivity contribution in [1.82, 2.24) is 14.5 Å². The number of carbonyl (C=O) groups is 2. The van der Waals surface area contributed by atoms with Crippen LogP contribution in [0.1, 0.15) is 49.4 Å². The maximum atomic E-state index is 13.4. The molecule has 1 amide bonds. The molecule has 1 aromatic heterocycles. The molecule has 0 aliphatic carbocycles. The number of aliphatic hydroxyl groups is 1. The number of imidazole rings is 1. The maximum absolute atomic E-state index is 13.4. The van der Waals surface area contributed by atoms with E-state index in [0.717, 1.165) is 29.7 Å². The van der Waals surface area contributed by atoms with Gasteiger partial charge in [0.05, 0.1) is 24.5 Å². The lowest BCUT2D eigenvalue weighted by Gasteiger charge is -2.26. The summed E-state index contributed by atoms with van der Waals surface area (Å²) in [6, 6.07) is 12.1. The van der Waals surface area contributed by atoms with Crippen LogP contribution in [0.2, 0.25) is 0 Å². The smallest absolute Gasteiger partial charge is 0.295 e. The van der Waals surface area contributed by atoms with Gasteiger partial charge in [0, 0.05) is 37.5 Å². The fraction of sp³-hybridized carbons (Fsp3) is 0.345. The highest BCUT2D eigenvalue weighted by atomic mass is 16.5. The van der Waals surface area contributed by atoms with E-state index in [9.17, 15) is 14.7 Å². The Morgan fingerprint density at radius 1 is 1.19 bits per heavy atom. The van der Waals surface area contributed by atoms with Crippen LogP contribution in [-0.2, 0) is 22.6 Å². The number of carbonyl (C=O) groups excluding carboxylic acids is 2. The molecule has 3 aromatic rings. The molecule has 2 aliphatic heterocycles. The molecule has 2 aromatic carbocycles. The lowest BCUT2D eigenvalue weighted by atomic mass is 9.94. The van der Waals surface area contributed by atoms with E-state index in [4.69, 9.17) is 9.47 Å². The summed E-state index contributed by atoms with van der Waals surface area (Å²) in [7, 11) is 0. The first-order chi connectivity index (χ1) is 18.0. The van der Waals surface area contributed by atoms with E-state index in [-0.39, 0.29) is 17.4 Å². The minimum Gasteiger partial charge on any atom is -0.507 e. The van der Waals surface area contributed by atoms with Gasteiger partial charge in [-0.1, -0.05) is 19.1 Å². The Morgan fingerprint density at radius 2 is 2.05 bits per heavy atom. The molecule has 8 nitrogen and oxygen atoms in total. The Labute approximate surface area is 216 Å². The Morgan fingerprint density at radius 3 is 2.84 bits per heavy atom. The molecule has 5 rings (SSSR count). The number of likely N-dealkylation sites (tertiary alicyclic amines) is 1. The average Bonchev–Trinajstić information content (AvgIpc) is 3.61. The van der Waals surface area contributed by atoms with Gasteiger partial charge in [-0.3, -0.25) is 9.59 Å². The minimum atomic E-state index is -0.726. The molecule has 1 N–H and O–H groups in total. The SMILES string of the molecule is CCCOc1cccc([C@H]2/C(=C(\O)c3ccc4c(c3)C[C@H](C)O4)C(=O)C(=O)N2CCCn2ccnc2)c1. The molecule has 8 heteroatoms. The number of hydrogen-bond donors (Lipinski definition) is 1. The first kappa shape index (κ1) is 24.6. The zero-order valence-electron chi connectivity index (χ0n) is 21.1. The molecule has 3 heterocycles. The highest BCUT2D eigenvalue weighted by Crippen LogP contribution is 2.41. The van der Waals surface area contributed by atoms with Crippen LogP contribution in [0.15, 0.2) is 66.8 Å². The van der Waals surface area contributed by atoms with Gasteiger partial charge in [-0.05, 0) is 61.2 Å². The fourth-order valence-corrected chi connectivity index (χ4v) is 5.02. The molecule has 0 radical (unpaired) electrons. The van der Waals surface area contributed by atoms with Crippen molar-refractivity contribution in [2.24, 2.45) is 0 Å². The van der Waals surface area contributed by atoms with Crippen molar-refractivity contribution < 1.29 is 24.2 Å². The average molecular weight is 502 g/mol. The van der Waals surface area contributed by atoms with Gasteiger partial charge in [0.1, 0.15) is 23.4 Å². The Balaban J connectivity index is 1.53. The van der Waals surface area contributed by atoms with Crippen LogP contribution in [0, 0.1) is 0 Å². The van der Waals surface area contributed by atoms with E-state index in [1.54, 1.807) is 23.5 Å². The van der Waals surface area contributed by atoms with E-state index in [0.29, 0.717) is 37.4 Å². The van der Waals surface area contributed by atoms with Gasteiger partial charge in [0.25, 0.3) is 11.7 Å². The normalized spacial score (nSPS) is 20.2. The van der Waals surface area contributed by atoms with Gasteiger partial charge in [-0.2, -0.15) is 0 Å². The Hall–Kier alpha value is -4.07. The van der Waals surface area contributed by atoms with E-state index < -0.39 is 17.7 Å². The Bertz CT molecular complexity index is 1330. The molecule has 0 unspecified atom stereocenters. The summed E-state index contributed by atoms with van der Waals surface area (Å²) in [6.07, 6.45) is 7.55. The maximum Gasteiger partial charge on any atom is 0.295 e. The van der Waals surface area contributed by atoms with Crippen molar-refractivity contribution in [1.29, 1.82) is 0 Å². The second-order valence-electron chi connectivity index (χ2n) is 9.52. The zero-order valence-corrected chi connectivity index (χ0v) is 21.1. The van der Waals surface area contributed by atoms with E-state index in [1.807, 2.05) is 61.0 Å². The zero-order chi connectivity index (χ0) is 25.9. The number of nitrogens with zero attached hydrogens (tertiary/aromatic N) is 3. The third kappa shape index (κ3) is 4.96. The minimum absolute atomic E-state index is 0.0549. The number of ether oxygens (including phenoxy) is 2. The van der Waals surface area contributed by atoms with Gasteiger partial charge in [0.2, 0.25) is 0 Å². The number of Topliss-reactive ketones (excluding diaryl/α,β-unsaturated/α-hetero) is 1. The summed E-state index contributed by atoms with van der Waals surface area (Å²) in [4.78, 5) is 32.3. The molecule has 37 heavy (non-hydrogen) atoms. The monoisotopic (exact) mass is 501 g/mol. The van der Waals surface area contributed by atoms with Gasteiger partial charge >= 0.3 is 0 Å². The van der Waals surface area contributed by atoms with Crippen molar-refractivity contribution in [3.05, 3.63) is 83.4 Å². The lowest BCUT2D eigenvalue weighted by molar-refractivity contribution is -0.139. The number of rotatable bonds is 9. The Kier molecular flexibility index (Phi) is 6.99. The predicted octanol–water partition coefficient (Wildman–Crippen LogP) is 4.51. The third-order valence-electron chi connectivity index (χ3n) is 6.73. The van der Waals surface area contributed by atoms with E-state index >= 15 is 0 Å². The van der Waals surface area contributed by atoms with Crippen LogP contribution in [0.5, 0.6) is 11.5 Å². The summed E-state index contributed by atoms with van der Waals surface area (Å²) < 4.78 is 13.5. The number of aromatic nitrogens is 2. The predicted molar refractivity (Wildman–Crippen MR) is 138 cm³/mol. The molecule has 2 atom stereocenters. The summed E-state index contributed by atoms with van der Waals surface area (Å²) in [5.41, 5.74) is 2.27. The molecular weight excluding hydrogens is 470 g/mol. The van der Waals surface area contributed by atoms with Crippen molar-refractivity contribution in [2.45, 2.75) is 51.8 Å². The molecule has 0 bridgehead atoms. The fourth-order valence-electron chi connectivity index (χ4n) is 5.02. The largest absolute Gasteiger partial charge is 0.507 e. The van der Waals surface area contributed by atoms with E-state index in [1.165, 1.54) is 0 Å². The molecule has 0 saturated carbocycles.